The maximum atomic E-state index is 5.38. The van der Waals surface area contributed by atoms with Crippen LogP contribution in [0.25, 0.3) is 11.6 Å². The molecule has 0 spiro atoms. The molecule has 4 rings (SSSR count). The lowest BCUT2D eigenvalue weighted by Crippen LogP contribution is -2.43. The van der Waals surface area contributed by atoms with Crippen LogP contribution in [0.4, 0.5) is 0 Å². The van der Waals surface area contributed by atoms with Gasteiger partial charge in [0.1, 0.15) is 0 Å². The smallest absolute Gasteiger partial charge is 0.241 e. The monoisotopic (exact) mass is 288 g/mol. The minimum Gasteiger partial charge on any atom is -0.461 e. The predicted molar refractivity (Wildman–Crippen MR) is 76.5 cm³/mol. The normalized spacial score (nSPS) is 26.7. The number of furan rings is 1. The highest BCUT2D eigenvalue weighted by atomic mass is 16.5. The third-order valence-corrected chi connectivity index (χ3v) is 4.53. The highest BCUT2D eigenvalue weighted by Gasteiger charge is 2.33. The summed E-state index contributed by atoms with van der Waals surface area (Å²) >= 11 is 0. The number of nitrogens with one attached hydrogen (secondary N) is 1. The van der Waals surface area contributed by atoms with Crippen LogP contribution in [0.2, 0.25) is 0 Å². The van der Waals surface area contributed by atoms with E-state index in [1.807, 2.05) is 12.1 Å². The average molecular weight is 288 g/mol. The van der Waals surface area contributed by atoms with E-state index >= 15 is 0 Å². The molecule has 2 saturated heterocycles. The van der Waals surface area contributed by atoms with Crippen molar-refractivity contribution in [3.8, 4) is 11.6 Å². The Morgan fingerprint density at radius 3 is 3.14 bits per heavy atom. The summed E-state index contributed by atoms with van der Waals surface area (Å²) in [4.78, 5) is 6.92. The molecule has 0 aromatic carbocycles. The molecule has 0 aliphatic carbocycles. The van der Waals surface area contributed by atoms with Gasteiger partial charge in [0.15, 0.2) is 5.76 Å². The standard InChI is InChI=1S/C15H20N4O2/c1-4-11(16-7-1)12-5-2-8-19(12)10-14-17-15(18-21-14)13-6-3-9-20-13/h3,6,9,11-12,16H,1-2,4-5,7-8,10H2. The van der Waals surface area contributed by atoms with Crippen molar-refractivity contribution in [2.45, 2.75) is 44.3 Å². The zero-order chi connectivity index (χ0) is 14.1. The summed E-state index contributed by atoms with van der Waals surface area (Å²) in [7, 11) is 0. The second-order valence-corrected chi connectivity index (χ2v) is 5.87. The molecule has 21 heavy (non-hydrogen) atoms. The molecule has 4 heterocycles. The van der Waals surface area contributed by atoms with Gasteiger partial charge in [-0.15, -0.1) is 0 Å². The van der Waals surface area contributed by atoms with Gasteiger partial charge in [0.05, 0.1) is 12.8 Å². The molecule has 112 valence electrons. The number of hydrogen-bond acceptors (Lipinski definition) is 6. The van der Waals surface area contributed by atoms with Gasteiger partial charge in [-0.3, -0.25) is 4.90 Å². The first kappa shape index (κ1) is 13.0. The van der Waals surface area contributed by atoms with Crippen LogP contribution in [-0.4, -0.2) is 40.2 Å². The van der Waals surface area contributed by atoms with E-state index in [1.54, 1.807) is 6.26 Å². The van der Waals surface area contributed by atoms with E-state index < -0.39 is 0 Å². The molecule has 6 heteroatoms. The number of nitrogens with zero attached hydrogens (tertiary/aromatic N) is 3. The zero-order valence-corrected chi connectivity index (χ0v) is 12.0. The summed E-state index contributed by atoms with van der Waals surface area (Å²) in [6, 6.07) is 4.90. The number of aromatic nitrogens is 2. The lowest BCUT2D eigenvalue weighted by Gasteiger charge is -2.28. The van der Waals surface area contributed by atoms with Gasteiger partial charge in [-0.25, -0.2) is 0 Å². The van der Waals surface area contributed by atoms with E-state index in [1.165, 1.54) is 25.7 Å². The third-order valence-electron chi connectivity index (χ3n) is 4.53. The lowest BCUT2D eigenvalue weighted by atomic mass is 10.0. The van der Waals surface area contributed by atoms with Gasteiger partial charge in [-0.2, -0.15) is 4.98 Å². The van der Waals surface area contributed by atoms with Crippen LogP contribution in [0.15, 0.2) is 27.3 Å². The van der Waals surface area contributed by atoms with Crippen LogP contribution >= 0.6 is 0 Å². The van der Waals surface area contributed by atoms with Crippen molar-refractivity contribution in [1.29, 1.82) is 0 Å². The Morgan fingerprint density at radius 1 is 1.33 bits per heavy atom. The molecule has 0 amide bonds. The Bertz CT molecular complexity index is 574. The van der Waals surface area contributed by atoms with E-state index in [-0.39, 0.29) is 0 Å². The van der Waals surface area contributed by atoms with Crippen LogP contribution in [0.5, 0.6) is 0 Å². The van der Waals surface area contributed by atoms with E-state index in [0.29, 0.717) is 29.6 Å². The van der Waals surface area contributed by atoms with Crippen molar-refractivity contribution in [1.82, 2.24) is 20.4 Å². The average Bonchev–Trinajstić information content (AvgIpc) is 3.28. The first-order valence-electron chi connectivity index (χ1n) is 7.74. The summed E-state index contributed by atoms with van der Waals surface area (Å²) in [5, 5.41) is 7.62. The van der Waals surface area contributed by atoms with Crippen LogP contribution in [0.3, 0.4) is 0 Å². The highest BCUT2D eigenvalue weighted by Crippen LogP contribution is 2.26. The van der Waals surface area contributed by atoms with Gasteiger partial charge in [0.25, 0.3) is 0 Å². The maximum absolute atomic E-state index is 5.38. The van der Waals surface area contributed by atoms with Crippen LogP contribution in [0.1, 0.15) is 31.6 Å². The largest absolute Gasteiger partial charge is 0.461 e. The second-order valence-electron chi connectivity index (χ2n) is 5.87. The molecule has 0 radical (unpaired) electrons. The number of likely N-dealkylation sites (tertiary alicyclic amines) is 1. The summed E-state index contributed by atoms with van der Waals surface area (Å²) < 4.78 is 10.7. The molecular formula is C15H20N4O2. The van der Waals surface area contributed by atoms with Crippen molar-refractivity contribution in [2.24, 2.45) is 0 Å². The lowest BCUT2D eigenvalue weighted by molar-refractivity contribution is 0.182. The SMILES string of the molecule is c1coc(-c2noc(CN3CCCC3C3CCCN3)n2)c1. The molecule has 2 aromatic rings. The quantitative estimate of drug-likeness (QED) is 0.928. The summed E-state index contributed by atoms with van der Waals surface area (Å²) in [6.07, 6.45) is 6.70. The predicted octanol–water partition coefficient (Wildman–Crippen LogP) is 2.05. The molecule has 2 aromatic heterocycles. The van der Waals surface area contributed by atoms with Crippen molar-refractivity contribution in [2.75, 3.05) is 13.1 Å². The molecular weight excluding hydrogens is 268 g/mol. The van der Waals surface area contributed by atoms with Crippen LogP contribution < -0.4 is 5.32 Å². The van der Waals surface area contributed by atoms with Crippen LogP contribution in [-0.2, 0) is 6.54 Å². The van der Waals surface area contributed by atoms with Gasteiger partial charge < -0.3 is 14.3 Å². The highest BCUT2D eigenvalue weighted by molar-refractivity contribution is 5.44. The molecule has 2 fully saturated rings. The summed E-state index contributed by atoms with van der Waals surface area (Å²) in [5.74, 6) is 1.86. The van der Waals surface area contributed by atoms with Gasteiger partial charge in [-0.05, 0) is 50.9 Å². The third kappa shape index (κ3) is 2.61. The molecule has 6 nitrogen and oxygen atoms in total. The number of hydrogen-bond donors (Lipinski definition) is 1. The Kier molecular flexibility index (Phi) is 3.48. The summed E-state index contributed by atoms with van der Waals surface area (Å²) in [5.41, 5.74) is 0. The van der Waals surface area contributed by atoms with Crippen molar-refractivity contribution < 1.29 is 8.94 Å². The van der Waals surface area contributed by atoms with E-state index in [9.17, 15) is 0 Å². The fourth-order valence-electron chi connectivity index (χ4n) is 3.54. The maximum Gasteiger partial charge on any atom is 0.241 e. The van der Waals surface area contributed by atoms with E-state index in [0.717, 1.165) is 19.6 Å². The van der Waals surface area contributed by atoms with E-state index in [2.05, 4.69) is 20.4 Å². The van der Waals surface area contributed by atoms with Gasteiger partial charge >= 0.3 is 0 Å². The molecule has 0 bridgehead atoms. The van der Waals surface area contributed by atoms with Crippen molar-refractivity contribution >= 4 is 0 Å². The molecule has 2 aliphatic heterocycles. The minimum atomic E-state index is 0.532. The van der Waals surface area contributed by atoms with Crippen LogP contribution in [0, 0.1) is 0 Å². The van der Waals surface area contributed by atoms with Crippen molar-refractivity contribution in [3.05, 3.63) is 24.3 Å². The fraction of sp³-hybridized carbons (Fsp3) is 0.600. The Morgan fingerprint density at radius 2 is 2.33 bits per heavy atom. The topological polar surface area (TPSA) is 67.3 Å². The molecule has 1 N–H and O–H groups in total. The first-order valence-corrected chi connectivity index (χ1v) is 7.74. The molecule has 2 aliphatic rings. The van der Waals surface area contributed by atoms with Gasteiger partial charge in [-0.1, -0.05) is 5.16 Å². The molecule has 2 unspecified atom stereocenters. The Labute approximate surface area is 123 Å². The van der Waals surface area contributed by atoms with Gasteiger partial charge in [0.2, 0.25) is 11.7 Å². The van der Waals surface area contributed by atoms with E-state index in [4.69, 9.17) is 8.94 Å². The Balaban J connectivity index is 1.45. The first-order chi connectivity index (χ1) is 10.4. The minimum absolute atomic E-state index is 0.532. The van der Waals surface area contributed by atoms with Crippen molar-refractivity contribution in [3.63, 3.8) is 0 Å². The summed E-state index contributed by atoms with van der Waals surface area (Å²) in [6.45, 7) is 3.00. The second kappa shape index (κ2) is 5.61. The number of rotatable bonds is 4. The van der Waals surface area contributed by atoms with Gasteiger partial charge in [0, 0.05) is 12.1 Å². The Hall–Kier alpha value is -1.66. The molecule has 2 atom stereocenters. The zero-order valence-electron chi connectivity index (χ0n) is 12.0. The fourth-order valence-corrected chi connectivity index (χ4v) is 3.54. The molecule has 0 saturated carbocycles.